The number of rotatable bonds is 4. The molecule has 1 aliphatic rings. The Labute approximate surface area is 106 Å². The molecular formula is C14H15N3O. The van der Waals surface area contributed by atoms with Gasteiger partial charge in [-0.05, 0) is 30.5 Å². The van der Waals surface area contributed by atoms with Gasteiger partial charge in [0, 0.05) is 12.2 Å². The summed E-state index contributed by atoms with van der Waals surface area (Å²) in [7, 11) is 0. The van der Waals surface area contributed by atoms with Crippen molar-refractivity contribution in [2.24, 2.45) is 0 Å². The van der Waals surface area contributed by atoms with Crippen molar-refractivity contribution in [3.05, 3.63) is 48.3 Å². The Balaban J connectivity index is 1.67. The lowest BCUT2D eigenvalue weighted by molar-refractivity contribution is -0.120. The number of hydrogen-bond acceptors (Lipinski definition) is 2. The van der Waals surface area contributed by atoms with Crippen molar-refractivity contribution < 1.29 is 4.79 Å². The summed E-state index contributed by atoms with van der Waals surface area (Å²) in [5, 5.41) is 7.25. The molecule has 1 amide bonds. The first-order valence-electron chi connectivity index (χ1n) is 6.19. The van der Waals surface area contributed by atoms with E-state index < -0.39 is 0 Å². The zero-order valence-corrected chi connectivity index (χ0v) is 10.0. The lowest BCUT2D eigenvalue weighted by atomic mass is 10.2. The molecule has 92 valence electrons. The first kappa shape index (κ1) is 11.0. The lowest BCUT2D eigenvalue weighted by Crippen LogP contribution is -2.26. The van der Waals surface area contributed by atoms with Crippen molar-refractivity contribution in [2.45, 2.75) is 25.3 Å². The van der Waals surface area contributed by atoms with E-state index in [1.807, 2.05) is 36.5 Å². The number of hydrogen-bond donors (Lipinski definition) is 1. The molecule has 3 rings (SSSR count). The van der Waals surface area contributed by atoms with E-state index in [9.17, 15) is 4.79 Å². The average Bonchev–Trinajstić information content (AvgIpc) is 3.06. The fraction of sp³-hybridized carbons (Fsp3) is 0.286. The second kappa shape index (κ2) is 4.64. The van der Waals surface area contributed by atoms with E-state index in [0.29, 0.717) is 12.5 Å². The fourth-order valence-electron chi connectivity index (χ4n) is 1.87. The van der Waals surface area contributed by atoms with Gasteiger partial charge in [-0.25, -0.2) is 4.68 Å². The highest BCUT2D eigenvalue weighted by molar-refractivity contribution is 5.79. The van der Waals surface area contributed by atoms with Gasteiger partial charge in [0.05, 0.1) is 18.3 Å². The summed E-state index contributed by atoms with van der Waals surface area (Å²) in [5.41, 5.74) is 1.95. The maximum Gasteiger partial charge on any atom is 0.224 e. The number of benzene rings is 1. The molecule has 2 aromatic rings. The maximum absolute atomic E-state index is 11.7. The Morgan fingerprint density at radius 3 is 2.83 bits per heavy atom. The predicted molar refractivity (Wildman–Crippen MR) is 68.4 cm³/mol. The second-order valence-electron chi connectivity index (χ2n) is 4.65. The molecule has 1 heterocycles. The highest BCUT2D eigenvalue weighted by Gasteiger charge is 2.23. The van der Waals surface area contributed by atoms with Gasteiger partial charge in [-0.2, -0.15) is 5.10 Å². The van der Waals surface area contributed by atoms with Gasteiger partial charge in [0.1, 0.15) is 0 Å². The number of aromatic nitrogens is 2. The molecule has 1 aliphatic carbocycles. The van der Waals surface area contributed by atoms with Crippen molar-refractivity contribution in [1.29, 1.82) is 0 Å². The van der Waals surface area contributed by atoms with Crippen LogP contribution in [-0.4, -0.2) is 21.7 Å². The third-order valence-corrected chi connectivity index (χ3v) is 2.96. The largest absolute Gasteiger partial charge is 0.353 e. The van der Waals surface area contributed by atoms with Gasteiger partial charge < -0.3 is 5.32 Å². The molecule has 0 aliphatic heterocycles. The molecule has 0 spiro atoms. The molecular weight excluding hydrogens is 226 g/mol. The van der Waals surface area contributed by atoms with Gasteiger partial charge in [0.25, 0.3) is 0 Å². The Bertz CT molecular complexity index is 543. The quantitative estimate of drug-likeness (QED) is 0.885. The first-order chi connectivity index (χ1) is 8.81. The number of amides is 1. The van der Waals surface area contributed by atoms with Crippen LogP contribution in [0.2, 0.25) is 0 Å². The van der Waals surface area contributed by atoms with Gasteiger partial charge in [-0.3, -0.25) is 4.79 Å². The smallest absolute Gasteiger partial charge is 0.224 e. The van der Waals surface area contributed by atoms with Crippen LogP contribution < -0.4 is 5.32 Å². The van der Waals surface area contributed by atoms with Crippen LogP contribution in [0.15, 0.2) is 42.7 Å². The van der Waals surface area contributed by atoms with Crippen LogP contribution in [0.1, 0.15) is 18.4 Å². The van der Waals surface area contributed by atoms with Gasteiger partial charge in [-0.15, -0.1) is 0 Å². The molecule has 0 radical (unpaired) electrons. The summed E-state index contributed by atoms with van der Waals surface area (Å²) >= 11 is 0. The molecule has 4 heteroatoms. The Kier molecular flexibility index (Phi) is 2.84. The predicted octanol–water partition coefficient (Wildman–Crippen LogP) is 1.69. The van der Waals surface area contributed by atoms with Crippen LogP contribution in [0, 0.1) is 0 Å². The Hall–Kier alpha value is -2.10. The van der Waals surface area contributed by atoms with E-state index in [1.54, 1.807) is 10.9 Å². The summed E-state index contributed by atoms with van der Waals surface area (Å²) in [4.78, 5) is 11.7. The zero-order valence-electron chi connectivity index (χ0n) is 10.0. The molecule has 1 N–H and O–H groups in total. The molecule has 1 fully saturated rings. The minimum absolute atomic E-state index is 0.0881. The number of nitrogens with one attached hydrogen (secondary N) is 1. The van der Waals surface area contributed by atoms with E-state index in [2.05, 4.69) is 10.4 Å². The molecule has 0 atom stereocenters. The number of carbonyl (C=O) groups is 1. The molecule has 18 heavy (non-hydrogen) atoms. The molecule has 0 unspecified atom stereocenters. The van der Waals surface area contributed by atoms with E-state index in [4.69, 9.17) is 0 Å². The van der Waals surface area contributed by atoms with Crippen LogP contribution in [0.5, 0.6) is 0 Å². The topological polar surface area (TPSA) is 46.9 Å². The second-order valence-corrected chi connectivity index (χ2v) is 4.65. The summed E-state index contributed by atoms with van der Waals surface area (Å²) in [6.45, 7) is 0. The summed E-state index contributed by atoms with van der Waals surface area (Å²) in [6, 6.07) is 10.3. The van der Waals surface area contributed by atoms with Crippen LogP contribution in [-0.2, 0) is 11.2 Å². The van der Waals surface area contributed by atoms with Gasteiger partial charge in [0.15, 0.2) is 0 Å². The maximum atomic E-state index is 11.7. The monoisotopic (exact) mass is 241 g/mol. The SMILES string of the molecule is O=C(Cc1cnn(-c2ccccc2)c1)NC1CC1. The van der Waals surface area contributed by atoms with Crippen molar-refractivity contribution >= 4 is 5.91 Å². The van der Waals surface area contributed by atoms with Gasteiger partial charge in [0.2, 0.25) is 5.91 Å². The van der Waals surface area contributed by atoms with Gasteiger partial charge in [-0.1, -0.05) is 18.2 Å². The van der Waals surface area contributed by atoms with E-state index in [1.165, 1.54) is 0 Å². The van der Waals surface area contributed by atoms with E-state index in [0.717, 1.165) is 24.1 Å². The summed E-state index contributed by atoms with van der Waals surface area (Å²) < 4.78 is 1.79. The van der Waals surface area contributed by atoms with Gasteiger partial charge >= 0.3 is 0 Å². The molecule has 1 aromatic carbocycles. The highest BCUT2D eigenvalue weighted by atomic mass is 16.1. The summed E-state index contributed by atoms with van der Waals surface area (Å²) in [5.74, 6) is 0.0881. The molecule has 0 saturated heterocycles. The van der Waals surface area contributed by atoms with Crippen LogP contribution in [0.25, 0.3) is 5.69 Å². The van der Waals surface area contributed by atoms with Crippen molar-refractivity contribution in [1.82, 2.24) is 15.1 Å². The molecule has 0 bridgehead atoms. The third-order valence-electron chi connectivity index (χ3n) is 2.96. The van der Waals surface area contributed by atoms with Crippen LogP contribution in [0.4, 0.5) is 0 Å². The van der Waals surface area contributed by atoms with Crippen molar-refractivity contribution in [3.8, 4) is 5.69 Å². The zero-order chi connectivity index (χ0) is 12.4. The Morgan fingerprint density at radius 1 is 1.33 bits per heavy atom. The van der Waals surface area contributed by atoms with Crippen LogP contribution in [0.3, 0.4) is 0 Å². The standard InChI is InChI=1S/C14H15N3O/c18-14(16-12-6-7-12)8-11-9-15-17(10-11)13-4-2-1-3-5-13/h1-5,9-10,12H,6-8H2,(H,16,18). The Morgan fingerprint density at radius 2 is 2.11 bits per heavy atom. The van der Waals surface area contributed by atoms with Crippen molar-refractivity contribution in [2.75, 3.05) is 0 Å². The lowest BCUT2D eigenvalue weighted by Gasteiger charge is -2.01. The summed E-state index contributed by atoms with van der Waals surface area (Å²) in [6.07, 6.45) is 6.30. The first-order valence-corrected chi connectivity index (χ1v) is 6.19. The molecule has 4 nitrogen and oxygen atoms in total. The molecule has 1 saturated carbocycles. The number of para-hydroxylation sites is 1. The normalized spacial score (nSPS) is 14.4. The average molecular weight is 241 g/mol. The van der Waals surface area contributed by atoms with Crippen molar-refractivity contribution in [3.63, 3.8) is 0 Å². The minimum atomic E-state index is 0.0881. The number of nitrogens with zero attached hydrogens (tertiary/aromatic N) is 2. The molecule has 1 aromatic heterocycles. The number of carbonyl (C=O) groups excluding carboxylic acids is 1. The third kappa shape index (κ3) is 2.59. The highest BCUT2D eigenvalue weighted by Crippen LogP contribution is 2.18. The van der Waals surface area contributed by atoms with E-state index in [-0.39, 0.29) is 5.91 Å². The van der Waals surface area contributed by atoms with E-state index >= 15 is 0 Å². The van der Waals surface area contributed by atoms with Crippen LogP contribution >= 0.6 is 0 Å². The fourth-order valence-corrected chi connectivity index (χ4v) is 1.87. The minimum Gasteiger partial charge on any atom is -0.353 e.